The predicted octanol–water partition coefficient (Wildman–Crippen LogP) is 1.81. The molecule has 2 rings (SSSR count). The number of aromatic hydroxyl groups is 1. The maximum atomic E-state index is 11.4. The number of esters is 1. The van der Waals surface area contributed by atoms with Gasteiger partial charge in [0.2, 0.25) is 0 Å². The summed E-state index contributed by atoms with van der Waals surface area (Å²) in [5, 5.41) is 9.28. The highest BCUT2D eigenvalue weighted by Crippen LogP contribution is 2.28. The minimum Gasteiger partial charge on any atom is -0.508 e. The lowest BCUT2D eigenvalue weighted by atomic mass is 9.93. The van der Waals surface area contributed by atoms with Crippen LogP contribution in [0.1, 0.15) is 24.3 Å². The van der Waals surface area contributed by atoms with Crippen LogP contribution in [0.25, 0.3) is 0 Å². The van der Waals surface area contributed by atoms with E-state index in [1.807, 2.05) is 6.07 Å². The van der Waals surface area contributed by atoms with Crippen LogP contribution in [0, 0.1) is 0 Å². The summed E-state index contributed by atoms with van der Waals surface area (Å²) in [6.45, 7) is 0.522. The highest BCUT2D eigenvalue weighted by molar-refractivity contribution is 5.78. The minimum absolute atomic E-state index is 0.179. The van der Waals surface area contributed by atoms with Gasteiger partial charge < -0.3 is 9.84 Å². The van der Waals surface area contributed by atoms with Gasteiger partial charge in [0, 0.05) is 0 Å². The largest absolute Gasteiger partial charge is 0.508 e. The zero-order valence-electron chi connectivity index (χ0n) is 7.77. The van der Waals surface area contributed by atoms with Crippen molar-refractivity contribution < 1.29 is 14.6 Å². The quantitative estimate of drug-likeness (QED) is 0.690. The fourth-order valence-corrected chi connectivity index (χ4v) is 1.72. The molecule has 0 aliphatic carbocycles. The summed E-state index contributed by atoms with van der Waals surface area (Å²) in [7, 11) is 0. The molecule has 14 heavy (non-hydrogen) atoms. The summed E-state index contributed by atoms with van der Waals surface area (Å²) in [4.78, 5) is 11.4. The predicted molar refractivity (Wildman–Crippen MR) is 51.0 cm³/mol. The maximum absolute atomic E-state index is 11.4. The second-order valence-electron chi connectivity index (χ2n) is 3.46. The molecule has 74 valence electrons. The van der Waals surface area contributed by atoms with Crippen LogP contribution in [0.4, 0.5) is 0 Å². The number of hydrogen-bond acceptors (Lipinski definition) is 3. The first-order valence-electron chi connectivity index (χ1n) is 4.73. The van der Waals surface area contributed by atoms with Crippen molar-refractivity contribution in [3.63, 3.8) is 0 Å². The molecule has 0 aromatic heterocycles. The van der Waals surface area contributed by atoms with Crippen molar-refractivity contribution in [1.29, 1.82) is 0 Å². The molecule has 0 saturated carbocycles. The molecule has 1 aromatic carbocycles. The highest BCUT2D eigenvalue weighted by Gasteiger charge is 2.25. The van der Waals surface area contributed by atoms with Crippen molar-refractivity contribution in [2.45, 2.75) is 18.8 Å². The number of ether oxygens (including phenoxy) is 1. The molecule has 3 heteroatoms. The van der Waals surface area contributed by atoms with Gasteiger partial charge >= 0.3 is 5.97 Å². The van der Waals surface area contributed by atoms with E-state index in [0.29, 0.717) is 6.61 Å². The van der Waals surface area contributed by atoms with Gasteiger partial charge in [0.05, 0.1) is 12.5 Å². The van der Waals surface area contributed by atoms with Gasteiger partial charge in [-0.2, -0.15) is 0 Å². The third-order valence-electron chi connectivity index (χ3n) is 2.44. The van der Waals surface area contributed by atoms with Crippen LogP contribution in [0.15, 0.2) is 24.3 Å². The number of rotatable bonds is 1. The maximum Gasteiger partial charge on any atom is 0.313 e. The highest BCUT2D eigenvalue weighted by atomic mass is 16.5. The molecular formula is C11H12O3. The lowest BCUT2D eigenvalue weighted by Crippen LogP contribution is -2.22. The Hall–Kier alpha value is -1.51. The molecule has 1 N–H and O–H groups in total. The average molecular weight is 192 g/mol. The van der Waals surface area contributed by atoms with Crippen molar-refractivity contribution >= 4 is 5.97 Å². The van der Waals surface area contributed by atoms with Gasteiger partial charge in [-0.15, -0.1) is 0 Å². The molecule has 1 saturated heterocycles. The van der Waals surface area contributed by atoms with Gasteiger partial charge in [-0.1, -0.05) is 12.1 Å². The Balaban J connectivity index is 2.24. The van der Waals surface area contributed by atoms with E-state index in [9.17, 15) is 9.90 Å². The number of carbonyl (C=O) groups is 1. The monoisotopic (exact) mass is 192 g/mol. The minimum atomic E-state index is -0.198. The van der Waals surface area contributed by atoms with Crippen molar-refractivity contribution in [3.8, 4) is 5.75 Å². The fourth-order valence-electron chi connectivity index (χ4n) is 1.72. The summed E-state index contributed by atoms with van der Waals surface area (Å²) in [6, 6.07) is 6.80. The first kappa shape index (κ1) is 9.06. The molecule has 1 aromatic rings. The van der Waals surface area contributed by atoms with Crippen molar-refractivity contribution in [2.24, 2.45) is 0 Å². The van der Waals surface area contributed by atoms with Crippen LogP contribution in [-0.4, -0.2) is 17.7 Å². The van der Waals surface area contributed by atoms with Gasteiger partial charge in [0.25, 0.3) is 0 Å². The Morgan fingerprint density at radius 2 is 2.29 bits per heavy atom. The third kappa shape index (κ3) is 1.71. The molecule has 1 aliphatic rings. The molecule has 1 aliphatic heterocycles. The summed E-state index contributed by atoms with van der Waals surface area (Å²) in [5.74, 6) is -0.182. The second kappa shape index (κ2) is 3.70. The standard InChI is InChI=1S/C11H12O3/c12-9-4-1-3-8(7-9)10-5-2-6-14-11(10)13/h1,3-4,7,10,12H,2,5-6H2/t10-/m1/s1. The van der Waals surface area contributed by atoms with E-state index < -0.39 is 0 Å². The topological polar surface area (TPSA) is 46.5 Å². The van der Waals surface area contributed by atoms with Gasteiger partial charge in [0.15, 0.2) is 0 Å². The van der Waals surface area contributed by atoms with E-state index in [0.717, 1.165) is 18.4 Å². The number of phenolic OH excluding ortho intramolecular Hbond substituents is 1. The van der Waals surface area contributed by atoms with Crippen LogP contribution >= 0.6 is 0 Å². The van der Waals surface area contributed by atoms with Crippen molar-refractivity contribution in [1.82, 2.24) is 0 Å². The number of phenols is 1. The van der Waals surface area contributed by atoms with Gasteiger partial charge in [-0.25, -0.2) is 0 Å². The van der Waals surface area contributed by atoms with Crippen LogP contribution in [-0.2, 0) is 9.53 Å². The summed E-state index contributed by atoms with van der Waals surface area (Å²) in [6.07, 6.45) is 1.70. The van der Waals surface area contributed by atoms with Gasteiger partial charge in [0.1, 0.15) is 5.75 Å². The molecule has 0 amide bonds. The molecule has 0 bridgehead atoms. The van der Waals surface area contributed by atoms with Crippen LogP contribution in [0.2, 0.25) is 0 Å². The Bertz CT molecular complexity index is 346. The molecule has 1 heterocycles. The summed E-state index contributed by atoms with van der Waals surface area (Å²) >= 11 is 0. The lowest BCUT2D eigenvalue weighted by molar-refractivity contribution is -0.149. The Labute approximate surface area is 82.3 Å². The van der Waals surface area contributed by atoms with Crippen LogP contribution in [0.3, 0.4) is 0 Å². The number of carbonyl (C=O) groups excluding carboxylic acids is 1. The number of hydrogen-bond donors (Lipinski definition) is 1. The zero-order chi connectivity index (χ0) is 9.97. The molecule has 0 radical (unpaired) electrons. The molecule has 0 unspecified atom stereocenters. The smallest absolute Gasteiger partial charge is 0.313 e. The Morgan fingerprint density at radius 3 is 3.00 bits per heavy atom. The van der Waals surface area contributed by atoms with Crippen molar-refractivity contribution in [2.75, 3.05) is 6.61 Å². The summed E-state index contributed by atoms with van der Waals surface area (Å²) in [5.41, 5.74) is 0.842. The molecular weight excluding hydrogens is 180 g/mol. The lowest BCUT2D eigenvalue weighted by Gasteiger charge is -2.21. The molecule has 0 spiro atoms. The fraction of sp³-hybridized carbons (Fsp3) is 0.364. The van der Waals surface area contributed by atoms with E-state index in [1.54, 1.807) is 18.2 Å². The van der Waals surface area contributed by atoms with E-state index in [1.165, 1.54) is 0 Å². The van der Waals surface area contributed by atoms with Crippen molar-refractivity contribution in [3.05, 3.63) is 29.8 Å². The van der Waals surface area contributed by atoms with E-state index in [-0.39, 0.29) is 17.6 Å². The van der Waals surface area contributed by atoms with E-state index in [4.69, 9.17) is 4.74 Å². The van der Waals surface area contributed by atoms with Crippen LogP contribution in [0.5, 0.6) is 5.75 Å². The van der Waals surface area contributed by atoms with Gasteiger partial charge in [-0.05, 0) is 30.5 Å². The second-order valence-corrected chi connectivity index (χ2v) is 3.46. The Morgan fingerprint density at radius 1 is 1.43 bits per heavy atom. The molecule has 1 atom stereocenters. The number of cyclic esters (lactones) is 1. The third-order valence-corrected chi connectivity index (χ3v) is 2.44. The van der Waals surface area contributed by atoms with Crippen LogP contribution < -0.4 is 0 Å². The normalized spacial score (nSPS) is 21.7. The zero-order valence-corrected chi connectivity index (χ0v) is 7.77. The van der Waals surface area contributed by atoms with Gasteiger partial charge in [-0.3, -0.25) is 4.79 Å². The Kier molecular flexibility index (Phi) is 2.39. The van der Waals surface area contributed by atoms with E-state index in [2.05, 4.69) is 0 Å². The molecule has 3 nitrogen and oxygen atoms in total. The first-order chi connectivity index (χ1) is 6.77. The average Bonchev–Trinajstić information content (AvgIpc) is 2.18. The summed E-state index contributed by atoms with van der Waals surface area (Å²) < 4.78 is 4.96. The SMILES string of the molecule is O=C1OCCC[C@@H]1c1cccc(O)c1. The van der Waals surface area contributed by atoms with E-state index >= 15 is 0 Å². The first-order valence-corrected chi connectivity index (χ1v) is 4.73. The molecule has 1 fully saturated rings. The number of benzene rings is 1.